The van der Waals surface area contributed by atoms with E-state index in [0.29, 0.717) is 6.54 Å². The SMILES string of the molecule is COCC(=O)N1CCCC1C=O. The highest BCUT2D eigenvalue weighted by Gasteiger charge is 2.27. The summed E-state index contributed by atoms with van der Waals surface area (Å²) in [4.78, 5) is 23.3. The molecule has 0 bridgehead atoms. The second-order valence-corrected chi connectivity index (χ2v) is 2.87. The first kappa shape index (κ1) is 9.19. The normalized spacial score (nSPS) is 22.8. The van der Waals surface area contributed by atoms with E-state index in [1.165, 1.54) is 7.11 Å². The second-order valence-electron chi connectivity index (χ2n) is 2.87. The molecule has 1 heterocycles. The minimum atomic E-state index is -0.215. The van der Waals surface area contributed by atoms with E-state index in [-0.39, 0.29) is 18.6 Å². The van der Waals surface area contributed by atoms with Crippen LogP contribution in [0.15, 0.2) is 0 Å². The van der Waals surface area contributed by atoms with Crippen molar-refractivity contribution < 1.29 is 14.3 Å². The van der Waals surface area contributed by atoms with Crippen molar-refractivity contribution in [2.75, 3.05) is 20.3 Å². The van der Waals surface area contributed by atoms with Gasteiger partial charge in [0.15, 0.2) is 0 Å². The summed E-state index contributed by atoms with van der Waals surface area (Å²) in [5.41, 5.74) is 0. The zero-order valence-electron chi connectivity index (χ0n) is 7.16. The first-order valence-electron chi connectivity index (χ1n) is 4.03. The molecule has 1 aliphatic rings. The molecule has 0 aliphatic carbocycles. The standard InChI is InChI=1S/C8H13NO3/c1-12-6-8(11)9-4-2-3-7(9)5-10/h5,7H,2-4,6H2,1H3. The Labute approximate surface area is 71.5 Å². The third-order valence-corrected chi connectivity index (χ3v) is 2.04. The predicted octanol–water partition coefficient (Wildman–Crippen LogP) is -0.177. The lowest BCUT2D eigenvalue weighted by atomic mass is 10.2. The number of likely N-dealkylation sites (tertiary alicyclic amines) is 1. The van der Waals surface area contributed by atoms with Crippen molar-refractivity contribution >= 4 is 12.2 Å². The van der Waals surface area contributed by atoms with Crippen molar-refractivity contribution in [2.45, 2.75) is 18.9 Å². The van der Waals surface area contributed by atoms with Gasteiger partial charge in [-0.2, -0.15) is 0 Å². The first-order chi connectivity index (χ1) is 5.79. The number of methoxy groups -OCH3 is 1. The van der Waals surface area contributed by atoms with E-state index >= 15 is 0 Å². The average molecular weight is 171 g/mol. The van der Waals surface area contributed by atoms with Gasteiger partial charge in [0, 0.05) is 13.7 Å². The summed E-state index contributed by atoms with van der Waals surface area (Å²) >= 11 is 0. The van der Waals surface area contributed by atoms with Crippen molar-refractivity contribution in [1.29, 1.82) is 0 Å². The van der Waals surface area contributed by atoms with Gasteiger partial charge in [-0.1, -0.05) is 0 Å². The highest BCUT2D eigenvalue weighted by Crippen LogP contribution is 2.14. The Morgan fingerprint density at radius 1 is 1.75 bits per heavy atom. The van der Waals surface area contributed by atoms with Crippen LogP contribution in [0, 0.1) is 0 Å². The highest BCUT2D eigenvalue weighted by molar-refractivity contribution is 5.81. The molecule has 1 saturated heterocycles. The fourth-order valence-corrected chi connectivity index (χ4v) is 1.45. The maximum atomic E-state index is 11.3. The molecule has 1 unspecified atom stereocenters. The average Bonchev–Trinajstić information content (AvgIpc) is 2.51. The molecule has 0 aromatic heterocycles. The monoisotopic (exact) mass is 171 g/mol. The summed E-state index contributed by atoms with van der Waals surface area (Å²) < 4.78 is 4.70. The number of rotatable bonds is 3. The van der Waals surface area contributed by atoms with Crippen LogP contribution in [0.3, 0.4) is 0 Å². The lowest BCUT2D eigenvalue weighted by Crippen LogP contribution is -2.38. The summed E-state index contributed by atoms with van der Waals surface area (Å²) in [5, 5.41) is 0. The lowest BCUT2D eigenvalue weighted by molar-refractivity contribution is -0.138. The Kier molecular flexibility index (Phi) is 3.22. The number of carbonyl (C=O) groups is 2. The molecule has 0 aromatic carbocycles. The van der Waals surface area contributed by atoms with Crippen molar-refractivity contribution in [2.24, 2.45) is 0 Å². The van der Waals surface area contributed by atoms with Gasteiger partial charge >= 0.3 is 0 Å². The van der Waals surface area contributed by atoms with E-state index in [1.807, 2.05) is 0 Å². The molecule has 1 amide bonds. The minimum absolute atomic E-state index is 0.0737. The summed E-state index contributed by atoms with van der Waals surface area (Å²) in [6, 6.07) is -0.215. The maximum Gasteiger partial charge on any atom is 0.249 e. The Balaban J connectivity index is 2.49. The zero-order chi connectivity index (χ0) is 8.97. The smallest absolute Gasteiger partial charge is 0.249 e. The van der Waals surface area contributed by atoms with E-state index in [0.717, 1.165) is 19.1 Å². The maximum absolute atomic E-state index is 11.3. The van der Waals surface area contributed by atoms with Gasteiger partial charge < -0.3 is 14.4 Å². The molecule has 1 aliphatic heterocycles. The third kappa shape index (κ3) is 1.82. The van der Waals surface area contributed by atoms with Gasteiger partial charge in [-0.15, -0.1) is 0 Å². The molecule has 1 rings (SSSR count). The number of amides is 1. The van der Waals surface area contributed by atoms with E-state index in [9.17, 15) is 9.59 Å². The van der Waals surface area contributed by atoms with Gasteiger partial charge in [0.1, 0.15) is 12.9 Å². The molecule has 0 N–H and O–H groups in total. The quantitative estimate of drug-likeness (QED) is 0.553. The fraction of sp³-hybridized carbons (Fsp3) is 0.750. The molecule has 0 aromatic rings. The highest BCUT2D eigenvalue weighted by atomic mass is 16.5. The van der Waals surface area contributed by atoms with Gasteiger partial charge in [-0.3, -0.25) is 4.79 Å². The summed E-state index contributed by atoms with van der Waals surface area (Å²) in [6.07, 6.45) is 2.54. The molecule has 0 radical (unpaired) electrons. The Morgan fingerprint density at radius 3 is 3.08 bits per heavy atom. The number of hydrogen-bond donors (Lipinski definition) is 0. The number of hydrogen-bond acceptors (Lipinski definition) is 3. The van der Waals surface area contributed by atoms with Crippen molar-refractivity contribution in [3.63, 3.8) is 0 Å². The molecule has 1 atom stereocenters. The van der Waals surface area contributed by atoms with Crippen molar-refractivity contribution in [3.05, 3.63) is 0 Å². The van der Waals surface area contributed by atoms with Crippen LogP contribution in [0.2, 0.25) is 0 Å². The van der Waals surface area contributed by atoms with Gasteiger partial charge in [-0.05, 0) is 12.8 Å². The van der Waals surface area contributed by atoms with Crippen LogP contribution in [-0.4, -0.2) is 43.4 Å². The third-order valence-electron chi connectivity index (χ3n) is 2.04. The fourth-order valence-electron chi connectivity index (χ4n) is 1.45. The van der Waals surface area contributed by atoms with Crippen LogP contribution in [0.5, 0.6) is 0 Å². The largest absolute Gasteiger partial charge is 0.375 e. The minimum Gasteiger partial charge on any atom is -0.375 e. The summed E-state index contributed by atoms with van der Waals surface area (Å²) in [5.74, 6) is -0.0906. The van der Waals surface area contributed by atoms with Crippen LogP contribution in [-0.2, 0) is 14.3 Å². The topological polar surface area (TPSA) is 46.6 Å². The van der Waals surface area contributed by atoms with Crippen LogP contribution < -0.4 is 0 Å². The number of aldehydes is 1. The molecule has 0 spiro atoms. The molecule has 0 saturated carbocycles. The predicted molar refractivity (Wildman–Crippen MR) is 42.7 cm³/mol. The molecular formula is C8H13NO3. The van der Waals surface area contributed by atoms with Crippen molar-refractivity contribution in [1.82, 2.24) is 4.90 Å². The molecule has 4 heteroatoms. The van der Waals surface area contributed by atoms with Crippen LogP contribution in [0.25, 0.3) is 0 Å². The Morgan fingerprint density at radius 2 is 2.50 bits per heavy atom. The second kappa shape index (κ2) is 4.21. The molecule has 12 heavy (non-hydrogen) atoms. The van der Waals surface area contributed by atoms with Crippen LogP contribution in [0.1, 0.15) is 12.8 Å². The van der Waals surface area contributed by atoms with Crippen molar-refractivity contribution in [3.8, 4) is 0 Å². The van der Waals surface area contributed by atoms with Gasteiger partial charge in [0.25, 0.3) is 0 Å². The number of nitrogens with zero attached hydrogens (tertiary/aromatic N) is 1. The molecule has 1 fully saturated rings. The molecule has 68 valence electrons. The Bertz CT molecular complexity index is 181. The first-order valence-corrected chi connectivity index (χ1v) is 4.03. The van der Waals surface area contributed by atoms with Gasteiger partial charge in [0.2, 0.25) is 5.91 Å². The summed E-state index contributed by atoms with van der Waals surface area (Å²) in [6.45, 7) is 0.760. The van der Waals surface area contributed by atoms with E-state index < -0.39 is 0 Å². The zero-order valence-corrected chi connectivity index (χ0v) is 7.16. The van der Waals surface area contributed by atoms with E-state index in [1.54, 1.807) is 4.90 Å². The number of ether oxygens (including phenoxy) is 1. The van der Waals surface area contributed by atoms with E-state index in [4.69, 9.17) is 4.74 Å². The van der Waals surface area contributed by atoms with Crippen LogP contribution >= 0.6 is 0 Å². The molecular weight excluding hydrogens is 158 g/mol. The van der Waals surface area contributed by atoms with Gasteiger partial charge in [-0.25, -0.2) is 0 Å². The Hall–Kier alpha value is -0.900. The van der Waals surface area contributed by atoms with Gasteiger partial charge in [0.05, 0.1) is 6.04 Å². The summed E-state index contributed by atoms with van der Waals surface area (Å²) in [7, 11) is 1.48. The molecule has 4 nitrogen and oxygen atoms in total. The van der Waals surface area contributed by atoms with Crippen LogP contribution in [0.4, 0.5) is 0 Å². The number of carbonyl (C=O) groups excluding carboxylic acids is 2. The lowest BCUT2D eigenvalue weighted by Gasteiger charge is -2.19. The van der Waals surface area contributed by atoms with E-state index in [2.05, 4.69) is 0 Å².